The topological polar surface area (TPSA) is 62.2 Å². The molecular weight excluding hydrogens is 358 g/mol. The third-order valence-corrected chi connectivity index (χ3v) is 6.63. The van der Waals surface area contributed by atoms with Crippen LogP contribution in [0.2, 0.25) is 0 Å². The van der Waals surface area contributed by atoms with Crippen LogP contribution < -0.4 is 4.90 Å². The zero-order valence-electron chi connectivity index (χ0n) is 16.4. The lowest BCUT2D eigenvalue weighted by Gasteiger charge is -2.40. The first-order valence-corrected chi connectivity index (χ1v) is 10.7. The van der Waals surface area contributed by atoms with E-state index in [0.717, 1.165) is 68.3 Å². The molecule has 1 unspecified atom stereocenters. The van der Waals surface area contributed by atoms with Crippen molar-refractivity contribution in [2.24, 2.45) is 0 Å². The van der Waals surface area contributed by atoms with E-state index < -0.39 is 0 Å². The minimum atomic E-state index is -0.0286. The number of rotatable bonds is 4. The SMILES string of the molecule is CCCc1nc(C(=O)N2CCCC3(CCc4cnc(N(C)C)nc43)C2)cs1. The lowest BCUT2D eigenvalue weighted by atomic mass is 9.77. The molecule has 27 heavy (non-hydrogen) atoms. The van der Waals surface area contributed by atoms with Crippen molar-refractivity contribution in [1.29, 1.82) is 0 Å². The molecule has 2 aromatic heterocycles. The number of nitrogens with zero attached hydrogens (tertiary/aromatic N) is 5. The van der Waals surface area contributed by atoms with Crippen LogP contribution >= 0.6 is 11.3 Å². The van der Waals surface area contributed by atoms with E-state index in [9.17, 15) is 4.79 Å². The average Bonchev–Trinajstić information content (AvgIpc) is 3.27. The van der Waals surface area contributed by atoms with Gasteiger partial charge in [-0.2, -0.15) is 0 Å². The molecule has 0 bridgehead atoms. The van der Waals surface area contributed by atoms with Gasteiger partial charge in [0.25, 0.3) is 5.91 Å². The number of carbonyl (C=O) groups is 1. The number of anilines is 1. The second kappa shape index (κ2) is 7.19. The van der Waals surface area contributed by atoms with Gasteiger partial charge in [0.1, 0.15) is 5.69 Å². The van der Waals surface area contributed by atoms with E-state index in [-0.39, 0.29) is 11.3 Å². The fraction of sp³-hybridized carbons (Fsp3) is 0.600. The summed E-state index contributed by atoms with van der Waals surface area (Å²) in [5, 5.41) is 2.98. The number of aryl methyl sites for hydroxylation is 2. The zero-order chi connectivity index (χ0) is 19.0. The van der Waals surface area contributed by atoms with Crippen LogP contribution in [0, 0.1) is 0 Å². The minimum Gasteiger partial charge on any atom is -0.347 e. The van der Waals surface area contributed by atoms with Crippen LogP contribution in [0.3, 0.4) is 0 Å². The molecule has 1 amide bonds. The number of carbonyl (C=O) groups excluding carboxylic acids is 1. The fourth-order valence-electron chi connectivity index (χ4n) is 4.35. The Hall–Kier alpha value is -2.02. The van der Waals surface area contributed by atoms with Crippen molar-refractivity contribution in [1.82, 2.24) is 19.9 Å². The van der Waals surface area contributed by atoms with Crippen molar-refractivity contribution in [2.45, 2.75) is 50.9 Å². The van der Waals surface area contributed by atoms with Crippen molar-refractivity contribution in [3.63, 3.8) is 0 Å². The number of hydrogen-bond donors (Lipinski definition) is 0. The molecular formula is C20H27N5OS. The predicted octanol–water partition coefficient (Wildman–Crippen LogP) is 3.07. The smallest absolute Gasteiger partial charge is 0.273 e. The Morgan fingerprint density at radius 3 is 2.96 bits per heavy atom. The Morgan fingerprint density at radius 2 is 2.19 bits per heavy atom. The summed E-state index contributed by atoms with van der Waals surface area (Å²) in [6.07, 6.45) is 8.13. The van der Waals surface area contributed by atoms with E-state index >= 15 is 0 Å². The van der Waals surface area contributed by atoms with E-state index in [2.05, 4.69) is 16.9 Å². The first-order chi connectivity index (χ1) is 13.0. The van der Waals surface area contributed by atoms with Crippen LogP contribution in [0.4, 0.5) is 5.95 Å². The summed E-state index contributed by atoms with van der Waals surface area (Å²) in [6, 6.07) is 0. The molecule has 1 atom stereocenters. The molecule has 2 aromatic rings. The third-order valence-electron chi connectivity index (χ3n) is 5.73. The summed E-state index contributed by atoms with van der Waals surface area (Å²) in [6.45, 7) is 3.68. The number of amides is 1. The summed E-state index contributed by atoms with van der Waals surface area (Å²) in [4.78, 5) is 31.0. The molecule has 6 nitrogen and oxygen atoms in total. The number of aromatic nitrogens is 3. The third kappa shape index (κ3) is 3.33. The Balaban J connectivity index is 1.58. The number of thiazole rings is 1. The van der Waals surface area contributed by atoms with Crippen molar-refractivity contribution in [2.75, 3.05) is 32.1 Å². The van der Waals surface area contributed by atoms with Gasteiger partial charge in [0.05, 0.1) is 10.7 Å². The molecule has 0 N–H and O–H groups in total. The van der Waals surface area contributed by atoms with Gasteiger partial charge in [-0.3, -0.25) is 4.79 Å². The second-order valence-electron chi connectivity index (χ2n) is 7.93. The van der Waals surface area contributed by atoms with Gasteiger partial charge in [0, 0.05) is 44.2 Å². The van der Waals surface area contributed by atoms with Crippen molar-refractivity contribution in [3.05, 3.63) is 33.5 Å². The van der Waals surface area contributed by atoms with Gasteiger partial charge >= 0.3 is 0 Å². The van der Waals surface area contributed by atoms with Crippen LogP contribution in [0.25, 0.3) is 0 Å². The summed E-state index contributed by atoms with van der Waals surface area (Å²) in [5.41, 5.74) is 2.98. The molecule has 0 radical (unpaired) electrons. The molecule has 3 heterocycles. The maximum absolute atomic E-state index is 13.1. The standard InChI is InChI=1S/C20H27N5OS/c1-4-6-16-22-15(12-27-16)18(26)25-10-5-8-20(13-25)9-7-14-11-21-19(24(2)3)23-17(14)20/h11-12H,4-10,13H2,1-3H3. The molecule has 144 valence electrons. The molecule has 1 aliphatic carbocycles. The summed E-state index contributed by atoms with van der Waals surface area (Å²) in [5.74, 6) is 0.824. The van der Waals surface area contributed by atoms with Crippen LogP contribution in [0.5, 0.6) is 0 Å². The molecule has 1 aliphatic heterocycles. The normalized spacial score (nSPS) is 21.5. The Morgan fingerprint density at radius 1 is 1.33 bits per heavy atom. The van der Waals surface area contributed by atoms with E-state index in [1.165, 1.54) is 5.56 Å². The number of hydrogen-bond acceptors (Lipinski definition) is 6. The van der Waals surface area contributed by atoms with Gasteiger partial charge < -0.3 is 9.80 Å². The largest absolute Gasteiger partial charge is 0.347 e. The molecule has 0 saturated carbocycles. The summed E-state index contributed by atoms with van der Waals surface area (Å²) in [7, 11) is 3.94. The van der Waals surface area contributed by atoms with Crippen molar-refractivity contribution >= 4 is 23.2 Å². The number of piperidine rings is 1. The van der Waals surface area contributed by atoms with Gasteiger partial charge in [-0.05, 0) is 44.1 Å². The van der Waals surface area contributed by atoms with E-state index in [0.29, 0.717) is 5.69 Å². The lowest BCUT2D eigenvalue weighted by molar-refractivity contribution is 0.0628. The van der Waals surface area contributed by atoms with Gasteiger partial charge in [0.2, 0.25) is 5.95 Å². The molecule has 1 saturated heterocycles. The quantitative estimate of drug-likeness (QED) is 0.809. The first-order valence-electron chi connectivity index (χ1n) is 9.80. The molecule has 2 aliphatic rings. The van der Waals surface area contributed by atoms with Gasteiger partial charge in [-0.1, -0.05) is 6.92 Å². The molecule has 1 fully saturated rings. The van der Waals surface area contributed by atoms with Crippen LogP contribution in [-0.4, -0.2) is 52.9 Å². The highest BCUT2D eigenvalue weighted by Gasteiger charge is 2.45. The highest BCUT2D eigenvalue weighted by molar-refractivity contribution is 7.09. The highest BCUT2D eigenvalue weighted by Crippen LogP contribution is 2.44. The molecule has 7 heteroatoms. The summed E-state index contributed by atoms with van der Waals surface area (Å²) < 4.78 is 0. The van der Waals surface area contributed by atoms with Gasteiger partial charge in [0.15, 0.2) is 0 Å². The van der Waals surface area contributed by atoms with Crippen LogP contribution in [-0.2, 0) is 18.3 Å². The Kier molecular flexibility index (Phi) is 4.88. The zero-order valence-corrected chi connectivity index (χ0v) is 17.2. The second-order valence-corrected chi connectivity index (χ2v) is 8.87. The van der Waals surface area contributed by atoms with Crippen molar-refractivity contribution < 1.29 is 4.79 Å². The van der Waals surface area contributed by atoms with Crippen molar-refractivity contribution in [3.8, 4) is 0 Å². The maximum atomic E-state index is 13.1. The number of likely N-dealkylation sites (tertiary alicyclic amines) is 1. The summed E-state index contributed by atoms with van der Waals surface area (Å²) >= 11 is 1.60. The maximum Gasteiger partial charge on any atom is 0.273 e. The average molecular weight is 386 g/mol. The molecule has 1 spiro atoms. The predicted molar refractivity (Wildman–Crippen MR) is 108 cm³/mol. The Bertz CT molecular complexity index is 845. The first kappa shape index (κ1) is 18.3. The van der Waals surface area contributed by atoms with E-state index in [1.807, 2.05) is 35.5 Å². The van der Waals surface area contributed by atoms with Gasteiger partial charge in [-0.15, -0.1) is 11.3 Å². The molecule has 4 rings (SSSR count). The minimum absolute atomic E-state index is 0.0286. The lowest BCUT2D eigenvalue weighted by Crippen LogP contribution is -2.48. The molecule has 0 aromatic carbocycles. The Labute approximate surface area is 164 Å². The van der Waals surface area contributed by atoms with Crippen LogP contribution in [0.1, 0.15) is 59.4 Å². The van der Waals surface area contributed by atoms with Crippen LogP contribution in [0.15, 0.2) is 11.6 Å². The van der Waals surface area contributed by atoms with E-state index in [4.69, 9.17) is 4.98 Å². The van der Waals surface area contributed by atoms with E-state index in [1.54, 1.807) is 11.3 Å². The fourth-order valence-corrected chi connectivity index (χ4v) is 5.22. The number of fused-ring (bicyclic) bond motifs is 2. The highest BCUT2D eigenvalue weighted by atomic mass is 32.1. The monoisotopic (exact) mass is 385 g/mol. The van der Waals surface area contributed by atoms with Gasteiger partial charge in [-0.25, -0.2) is 15.0 Å².